The van der Waals surface area contributed by atoms with Crippen LogP contribution >= 0.6 is 0 Å². The molecule has 24 heavy (non-hydrogen) atoms. The fourth-order valence-corrected chi connectivity index (χ4v) is 2.11. The summed E-state index contributed by atoms with van der Waals surface area (Å²) in [7, 11) is 4.90. The Morgan fingerprint density at radius 1 is 1.08 bits per heavy atom. The molecule has 2 rings (SSSR count). The van der Waals surface area contributed by atoms with Crippen molar-refractivity contribution < 1.29 is 9.47 Å². The van der Waals surface area contributed by atoms with E-state index < -0.39 is 0 Å². The predicted octanol–water partition coefficient (Wildman–Crippen LogP) is 2.76. The van der Waals surface area contributed by atoms with Gasteiger partial charge in [0.25, 0.3) is 0 Å². The first-order valence-corrected chi connectivity index (χ1v) is 7.39. The zero-order valence-corrected chi connectivity index (χ0v) is 14.0. The molecule has 0 spiro atoms. The van der Waals surface area contributed by atoms with E-state index in [0.717, 1.165) is 11.3 Å². The molecular weight excluding hydrogens is 304 g/mol. The third-order valence-electron chi connectivity index (χ3n) is 3.41. The van der Waals surface area contributed by atoms with Crippen LogP contribution in [0.3, 0.4) is 0 Å². The highest BCUT2D eigenvalue weighted by atomic mass is 16.5. The first-order chi connectivity index (χ1) is 11.7. The van der Waals surface area contributed by atoms with Crippen LogP contribution in [0, 0.1) is 11.3 Å². The molecule has 0 bridgehead atoms. The number of hydrogen-bond acceptors (Lipinski definition) is 4. The molecule has 0 fully saturated rings. The molecule has 0 radical (unpaired) electrons. The quantitative estimate of drug-likeness (QED) is 0.653. The van der Waals surface area contributed by atoms with Crippen molar-refractivity contribution in [3.8, 4) is 17.6 Å². The summed E-state index contributed by atoms with van der Waals surface area (Å²) in [6.07, 6.45) is 0. The molecule has 124 valence electrons. The van der Waals surface area contributed by atoms with Crippen LogP contribution in [-0.2, 0) is 6.54 Å². The number of methoxy groups -OCH3 is 2. The highest BCUT2D eigenvalue weighted by Crippen LogP contribution is 2.29. The van der Waals surface area contributed by atoms with Crippen molar-refractivity contribution in [1.82, 2.24) is 5.32 Å². The zero-order chi connectivity index (χ0) is 17.4. The summed E-state index contributed by atoms with van der Waals surface area (Å²) in [5.74, 6) is 1.94. The van der Waals surface area contributed by atoms with Crippen LogP contribution in [0.25, 0.3) is 0 Å². The maximum atomic E-state index is 8.81. The van der Waals surface area contributed by atoms with Crippen LogP contribution in [-0.4, -0.2) is 27.2 Å². The summed E-state index contributed by atoms with van der Waals surface area (Å²) >= 11 is 0. The van der Waals surface area contributed by atoms with Gasteiger partial charge < -0.3 is 20.1 Å². The van der Waals surface area contributed by atoms with E-state index in [1.54, 1.807) is 33.4 Å². The van der Waals surface area contributed by atoms with Crippen molar-refractivity contribution in [2.45, 2.75) is 6.54 Å². The summed E-state index contributed by atoms with van der Waals surface area (Å²) in [6, 6.07) is 15.1. The molecule has 2 N–H and O–H groups in total. The van der Waals surface area contributed by atoms with E-state index in [0.29, 0.717) is 29.6 Å². The Morgan fingerprint density at radius 2 is 1.79 bits per heavy atom. The molecule has 0 unspecified atom stereocenters. The van der Waals surface area contributed by atoms with Gasteiger partial charge >= 0.3 is 0 Å². The van der Waals surface area contributed by atoms with Crippen LogP contribution in [0.5, 0.6) is 11.5 Å². The van der Waals surface area contributed by atoms with Crippen LogP contribution in [0.4, 0.5) is 5.69 Å². The van der Waals surface area contributed by atoms with E-state index in [2.05, 4.69) is 21.7 Å². The lowest BCUT2D eigenvalue weighted by molar-refractivity contribution is 0.355. The van der Waals surface area contributed by atoms with E-state index >= 15 is 0 Å². The molecule has 2 aromatic rings. The maximum Gasteiger partial charge on any atom is 0.195 e. The largest absolute Gasteiger partial charge is 0.493 e. The predicted molar refractivity (Wildman–Crippen MR) is 94.5 cm³/mol. The number of hydrogen-bond donors (Lipinski definition) is 2. The molecular formula is C18H20N4O2. The van der Waals surface area contributed by atoms with Crippen molar-refractivity contribution in [3.63, 3.8) is 0 Å². The monoisotopic (exact) mass is 324 g/mol. The van der Waals surface area contributed by atoms with Crippen molar-refractivity contribution in [3.05, 3.63) is 53.6 Å². The van der Waals surface area contributed by atoms with E-state index in [-0.39, 0.29) is 0 Å². The number of benzene rings is 2. The summed E-state index contributed by atoms with van der Waals surface area (Å²) in [5.41, 5.74) is 2.54. The number of nitriles is 1. The van der Waals surface area contributed by atoms with E-state index in [9.17, 15) is 0 Å². The maximum absolute atomic E-state index is 8.81. The van der Waals surface area contributed by atoms with Crippen molar-refractivity contribution in [2.75, 3.05) is 26.6 Å². The topological polar surface area (TPSA) is 78.7 Å². The summed E-state index contributed by atoms with van der Waals surface area (Å²) in [4.78, 5) is 4.20. The molecule has 0 aromatic heterocycles. The van der Waals surface area contributed by atoms with Gasteiger partial charge in [-0.15, -0.1) is 0 Å². The third kappa shape index (κ3) is 4.40. The second kappa shape index (κ2) is 8.44. The highest BCUT2D eigenvalue weighted by molar-refractivity contribution is 5.93. The number of anilines is 1. The van der Waals surface area contributed by atoms with Crippen molar-refractivity contribution in [2.24, 2.45) is 4.99 Å². The van der Waals surface area contributed by atoms with Gasteiger partial charge in [-0.3, -0.25) is 4.99 Å². The standard InChI is InChI=1S/C18H20N4O2/c1-20-18(21-12-14-6-4-13(11-19)5-7-14)22-15-8-9-16(23-2)17(10-15)24-3/h4-10H,12H2,1-3H3,(H2,20,21,22). The summed E-state index contributed by atoms with van der Waals surface area (Å²) in [5, 5.41) is 15.2. The molecule has 0 heterocycles. The van der Waals surface area contributed by atoms with Crippen LogP contribution in [0.15, 0.2) is 47.5 Å². The normalized spacial score (nSPS) is 10.7. The Morgan fingerprint density at radius 3 is 2.38 bits per heavy atom. The molecule has 0 aliphatic carbocycles. The van der Waals surface area contributed by atoms with Crippen LogP contribution in [0.1, 0.15) is 11.1 Å². The number of nitrogens with one attached hydrogen (secondary N) is 2. The Kier molecular flexibility index (Phi) is 6.03. The van der Waals surface area contributed by atoms with Gasteiger partial charge in [-0.2, -0.15) is 5.26 Å². The second-order valence-corrected chi connectivity index (χ2v) is 4.93. The minimum Gasteiger partial charge on any atom is -0.493 e. The van der Waals surface area contributed by atoms with Gasteiger partial charge in [-0.05, 0) is 29.8 Å². The number of rotatable bonds is 5. The molecule has 2 aromatic carbocycles. The summed E-state index contributed by atoms with van der Waals surface area (Å²) < 4.78 is 10.5. The number of nitrogens with zero attached hydrogens (tertiary/aromatic N) is 2. The molecule has 0 atom stereocenters. The van der Waals surface area contributed by atoms with Crippen LogP contribution in [0.2, 0.25) is 0 Å². The number of ether oxygens (including phenoxy) is 2. The second-order valence-electron chi connectivity index (χ2n) is 4.93. The van der Waals surface area contributed by atoms with Gasteiger partial charge in [0.05, 0.1) is 25.9 Å². The molecule has 6 heteroatoms. The minimum atomic E-state index is 0.596. The average molecular weight is 324 g/mol. The van der Waals surface area contributed by atoms with Gasteiger partial charge in [0.1, 0.15) is 0 Å². The highest BCUT2D eigenvalue weighted by Gasteiger charge is 2.06. The van der Waals surface area contributed by atoms with Gasteiger partial charge in [0, 0.05) is 25.3 Å². The average Bonchev–Trinajstić information content (AvgIpc) is 2.65. The minimum absolute atomic E-state index is 0.596. The number of guanidine groups is 1. The first kappa shape index (κ1) is 17.2. The number of aliphatic imine (C=N–C) groups is 1. The zero-order valence-electron chi connectivity index (χ0n) is 14.0. The van der Waals surface area contributed by atoms with Crippen molar-refractivity contribution in [1.29, 1.82) is 5.26 Å². The Bertz CT molecular complexity index is 749. The molecule has 6 nitrogen and oxygen atoms in total. The Balaban J connectivity index is 2.00. The van der Waals surface area contributed by atoms with Gasteiger partial charge in [0.2, 0.25) is 0 Å². The summed E-state index contributed by atoms with van der Waals surface area (Å²) in [6.45, 7) is 0.596. The molecule has 0 saturated heterocycles. The van der Waals surface area contributed by atoms with Gasteiger partial charge in [0.15, 0.2) is 17.5 Å². The fourth-order valence-electron chi connectivity index (χ4n) is 2.11. The SMILES string of the molecule is CN=C(NCc1ccc(C#N)cc1)Nc1ccc(OC)c(OC)c1. The van der Waals surface area contributed by atoms with E-state index in [4.69, 9.17) is 14.7 Å². The smallest absolute Gasteiger partial charge is 0.195 e. The molecule has 0 amide bonds. The molecule has 0 saturated carbocycles. The fraction of sp³-hybridized carbons (Fsp3) is 0.222. The van der Waals surface area contributed by atoms with Gasteiger partial charge in [-0.1, -0.05) is 12.1 Å². The third-order valence-corrected chi connectivity index (χ3v) is 3.41. The van der Waals surface area contributed by atoms with Crippen molar-refractivity contribution >= 4 is 11.6 Å². The Labute approximate surface area is 141 Å². The lowest BCUT2D eigenvalue weighted by Gasteiger charge is -2.14. The molecule has 0 aliphatic rings. The molecule has 0 aliphatic heterocycles. The van der Waals surface area contributed by atoms with E-state index in [1.165, 1.54) is 0 Å². The Hall–Kier alpha value is -3.20. The lowest BCUT2D eigenvalue weighted by atomic mass is 10.1. The lowest BCUT2D eigenvalue weighted by Crippen LogP contribution is -2.30. The first-order valence-electron chi connectivity index (χ1n) is 7.39. The van der Waals surface area contributed by atoms with E-state index in [1.807, 2.05) is 30.3 Å². The van der Waals surface area contributed by atoms with Crippen LogP contribution < -0.4 is 20.1 Å². The van der Waals surface area contributed by atoms with Gasteiger partial charge in [-0.25, -0.2) is 0 Å².